The topological polar surface area (TPSA) is 75.4 Å². The van der Waals surface area contributed by atoms with Gasteiger partial charge in [-0.15, -0.1) is 0 Å². The molecule has 0 saturated carbocycles. The molecular weight excluding hydrogens is 291 g/mol. The monoisotopic (exact) mass is 305 g/mol. The molecule has 6 nitrogen and oxygen atoms in total. The van der Waals surface area contributed by atoms with Crippen molar-refractivity contribution in [1.82, 2.24) is 9.55 Å². The first-order valence-electron chi connectivity index (χ1n) is 6.33. The average molecular weight is 305 g/mol. The van der Waals surface area contributed by atoms with Crippen molar-refractivity contribution in [2.45, 2.75) is 19.0 Å². The Hall–Kier alpha value is -2.06. The number of rotatable bonds is 2. The van der Waals surface area contributed by atoms with Crippen LogP contribution in [-0.2, 0) is 18.0 Å². The summed E-state index contributed by atoms with van der Waals surface area (Å²) < 4.78 is 39.2. The third kappa shape index (κ3) is 3.17. The number of carboxylic acids is 1. The molecule has 0 atom stereocenters. The van der Waals surface area contributed by atoms with Crippen molar-refractivity contribution < 1.29 is 23.1 Å². The van der Waals surface area contributed by atoms with Crippen LogP contribution in [0.1, 0.15) is 18.5 Å². The zero-order valence-electron chi connectivity index (χ0n) is 11.2. The van der Waals surface area contributed by atoms with Crippen LogP contribution < -0.4 is 10.5 Å². The van der Waals surface area contributed by atoms with E-state index in [9.17, 15) is 22.8 Å². The summed E-state index contributed by atoms with van der Waals surface area (Å²) in [5.41, 5.74) is -2.03. The van der Waals surface area contributed by atoms with Gasteiger partial charge in [0.25, 0.3) is 5.56 Å². The molecule has 0 amide bonds. The first-order chi connectivity index (χ1) is 9.70. The molecule has 1 aromatic heterocycles. The summed E-state index contributed by atoms with van der Waals surface area (Å²) in [6, 6.07) is 0.452. The van der Waals surface area contributed by atoms with Gasteiger partial charge in [-0.2, -0.15) is 13.2 Å². The molecule has 1 fully saturated rings. The highest BCUT2D eigenvalue weighted by Gasteiger charge is 2.35. The molecule has 0 radical (unpaired) electrons. The van der Waals surface area contributed by atoms with Gasteiger partial charge < -0.3 is 10.0 Å². The molecule has 0 aromatic carbocycles. The number of piperidine rings is 1. The number of carboxylic acid groups (broad SMARTS) is 1. The average Bonchev–Trinajstić information content (AvgIpc) is 2.40. The van der Waals surface area contributed by atoms with Crippen molar-refractivity contribution in [1.29, 1.82) is 0 Å². The van der Waals surface area contributed by atoms with Crippen molar-refractivity contribution in [3.05, 3.63) is 22.1 Å². The molecule has 2 heterocycles. The fraction of sp³-hybridized carbons (Fsp3) is 0.583. The SMILES string of the molecule is Cn1c(N2CCC(C(=O)O)CC2)nc(C(F)(F)F)cc1=O. The van der Waals surface area contributed by atoms with Gasteiger partial charge in [0.15, 0.2) is 5.69 Å². The lowest BCUT2D eigenvalue weighted by Gasteiger charge is -2.31. The second-order valence-corrected chi connectivity index (χ2v) is 4.94. The van der Waals surface area contributed by atoms with E-state index in [1.807, 2.05) is 0 Å². The van der Waals surface area contributed by atoms with Crippen molar-refractivity contribution in [3.63, 3.8) is 0 Å². The van der Waals surface area contributed by atoms with Crippen LogP contribution in [0.3, 0.4) is 0 Å². The summed E-state index contributed by atoms with van der Waals surface area (Å²) in [4.78, 5) is 27.5. The van der Waals surface area contributed by atoms with E-state index in [-0.39, 0.29) is 19.0 Å². The van der Waals surface area contributed by atoms with Crippen molar-refractivity contribution >= 4 is 11.9 Å². The van der Waals surface area contributed by atoms with Crippen LogP contribution in [0.5, 0.6) is 0 Å². The summed E-state index contributed by atoms with van der Waals surface area (Å²) in [5, 5.41) is 8.91. The van der Waals surface area contributed by atoms with E-state index in [2.05, 4.69) is 4.98 Å². The lowest BCUT2D eigenvalue weighted by Crippen LogP contribution is -2.40. The van der Waals surface area contributed by atoms with Gasteiger partial charge in [-0.25, -0.2) is 4.98 Å². The molecule has 0 bridgehead atoms. The fourth-order valence-electron chi connectivity index (χ4n) is 2.28. The number of hydrogen-bond donors (Lipinski definition) is 1. The molecule has 0 unspecified atom stereocenters. The predicted molar refractivity (Wildman–Crippen MR) is 67.1 cm³/mol. The smallest absolute Gasteiger partial charge is 0.433 e. The molecule has 0 spiro atoms. The molecule has 2 rings (SSSR count). The van der Waals surface area contributed by atoms with Crippen LogP contribution in [0, 0.1) is 5.92 Å². The van der Waals surface area contributed by atoms with Crippen LogP contribution in [0.25, 0.3) is 0 Å². The minimum atomic E-state index is -4.69. The van der Waals surface area contributed by atoms with E-state index < -0.39 is 29.3 Å². The number of hydrogen-bond acceptors (Lipinski definition) is 4. The van der Waals surface area contributed by atoms with Gasteiger partial charge in [-0.05, 0) is 12.8 Å². The van der Waals surface area contributed by atoms with Gasteiger partial charge in [0.1, 0.15) is 0 Å². The van der Waals surface area contributed by atoms with E-state index in [0.29, 0.717) is 18.9 Å². The maximum atomic E-state index is 12.7. The van der Waals surface area contributed by atoms with E-state index in [0.717, 1.165) is 4.57 Å². The molecule has 21 heavy (non-hydrogen) atoms. The van der Waals surface area contributed by atoms with Crippen LogP contribution in [-0.4, -0.2) is 33.7 Å². The molecular formula is C12H14F3N3O3. The van der Waals surface area contributed by atoms with Crippen molar-refractivity contribution in [2.75, 3.05) is 18.0 Å². The lowest BCUT2D eigenvalue weighted by atomic mass is 9.97. The van der Waals surface area contributed by atoms with Gasteiger partial charge in [-0.1, -0.05) is 0 Å². The number of nitrogens with zero attached hydrogens (tertiary/aromatic N) is 3. The van der Waals surface area contributed by atoms with Gasteiger partial charge in [-0.3, -0.25) is 14.2 Å². The Morgan fingerprint density at radius 2 is 1.95 bits per heavy atom. The van der Waals surface area contributed by atoms with E-state index in [1.165, 1.54) is 11.9 Å². The van der Waals surface area contributed by atoms with Crippen LogP contribution in [0.4, 0.5) is 19.1 Å². The summed E-state index contributed by atoms with van der Waals surface area (Å²) in [5.74, 6) is -1.51. The standard InChI is InChI=1S/C12H14F3N3O3/c1-17-9(19)6-8(12(13,14)15)16-11(17)18-4-2-7(3-5-18)10(20)21/h6-7H,2-5H2,1H3,(H,20,21). The van der Waals surface area contributed by atoms with Crippen LogP contribution in [0.15, 0.2) is 10.9 Å². The first kappa shape index (κ1) is 15.3. The molecule has 1 N–H and O–H groups in total. The maximum absolute atomic E-state index is 12.7. The van der Waals surface area contributed by atoms with Gasteiger partial charge in [0.2, 0.25) is 5.95 Å². The molecule has 1 aliphatic rings. The maximum Gasteiger partial charge on any atom is 0.433 e. The Kier molecular flexibility index (Phi) is 3.93. The summed E-state index contributed by atoms with van der Waals surface area (Å²) in [6.45, 7) is 0.497. The number of aromatic nitrogens is 2. The highest BCUT2D eigenvalue weighted by molar-refractivity contribution is 5.70. The van der Waals surface area contributed by atoms with E-state index in [1.54, 1.807) is 0 Å². The minimum Gasteiger partial charge on any atom is -0.481 e. The Bertz CT molecular complexity index is 604. The number of carbonyl (C=O) groups is 1. The number of alkyl halides is 3. The number of aliphatic carboxylic acids is 1. The second kappa shape index (κ2) is 5.38. The highest BCUT2D eigenvalue weighted by Crippen LogP contribution is 2.28. The molecule has 1 aromatic rings. The lowest BCUT2D eigenvalue weighted by molar-refractivity contribution is -0.142. The zero-order valence-corrected chi connectivity index (χ0v) is 11.2. The molecule has 116 valence electrons. The molecule has 1 aliphatic heterocycles. The van der Waals surface area contributed by atoms with E-state index in [4.69, 9.17) is 5.11 Å². The van der Waals surface area contributed by atoms with Crippen molar-refractivity contribution in [2.24, 2.45) is 13.0 Å². The largest absolute Gasteiger partial charge is 0.481 e. The summed E-state index contributed by atoms with van der Waals surface area (Å²) >= 11 is 0. The first-order valence-corrected chi connectivity index (χ1v) is 6.33. The Balaban J connectivity index is 2.30. The number of halogens is 3. The fourth-order valence-corrected chi connectivity index (χ4v) is 2.28. The van der Waals surface area contributed by atoms with Crippen LogP contribution >= 0.6 is 0 Å². The van der Waals surface area contributed by atoms with E-state index >= 15 is 0 Å². The quantitative estimate of drug-likeness (QED) is 0.885. The molecule has 0 aliphatic carbocycles. The molecule has 1 saturated heterocycles. The summed E-state index contributed by atoms with van der Waals surface area (Å²) in [6.07, 6.45) is -4.08. The zero-order chi connectivity index (χ0) is 15.8. The Labute approximate surface area is 117 Å². The normalized spacial score (nSPS) is 17.0. The summed E-state index contributed by atoms with van der Waals surface area (Å²) in [7, 11) is 1.34. The third-order valence-electron chi connectivity index (χ3n) is 3.53. The molecule has 9 heteroatoms. The Morgan fingerprint density at radius 3 is 2.43 bits per heavy atom. The Morgan fingerprint density at radius 1 is 1.38 bits per heavy atom. The highest BCUT2D eigenvalue weighted by atomic mass is 19.4. The minimum absolute atomic E-state index is 0.0846. The van der Waals surface area contributed by atoms with Gasteiger partial charge in [0.05, 0.1) is 5.92 Å². The predicted octanol–water partition coefficient (Wildman–Crippen LogP) is 1.10. The van der Waals surface area contributed by atoms with Crippen LogP contribution in [0.2, 0.25) is 0 Å². The third-order valence-corrected chi connectivity index (χ3v) is 3.53. The second-order valence-electron chi connectivity index (χ2n) is 4.94. The van der Waals surface area contributed by atoms with Gasteiger partial charge >= 0.3 is 12.1 Å². The van der Waals surface area contributed by atoms with Gasteiger partial charge in [0, 0.05) is 26.2 Å². The number of anilines is 1. The van der Waals surface area contributed by atoms with Crippen molar-refractivity contribution in [3.8, 4) is 0 Å².